The highest BCUT2D eigenvalue weighted by atomic mass is 19.1. The summed E-state index contributed by atoms with van der Waals surface area (Å²) >= 11 is 0. The third kappa shape index (κ3) is 7.10. The molecular formula is C30H31FN4O6. The highest BCUT2D eigenvalue weighted by molar-refractivity contribution is 5.95. The van der Waals surface area contributed by atoms with Gasteiger partial charge in [0, 0.05) is 56.5 Å². The Morgan fingerprint density at radius 2 is 1.98 bits per heavy atom. The average molecular weight is 563 g/mol. The van der Waals surface area contributed by atoms with Gasteiger partial charge in [0.2, 0.25) is 5.91 Å². The van der Waals surface area contributed by atoms with Crippen molar-refractivity contribution in [1.29, 1.82) is 0 Å². The lowest BCUT2D eigenvalue weighted by atomic mass is 10.00. The van der Waals surface area contributed by atoms with Crippen LogP contribution in [-0.4, -0.2) is 66.6 Å². The summed E-state index contributed by atoms with van der Waals surface area (Å²) < 4.78 is 31.7. The van der Waals surface area contributed by atoms with Crippen LogP contribution < -0.4 is 24.8 Å². The Labute approximate surface area is 236 Å². The van der Waals surface area contributed by atoms with Crippen LogP contribution in [0.4, 0.5) is 4.39 Å². The van der Waals surface area contributed by atoms with Crippen molar-refractivity contribution in [3.05, 3.63) is 83.4 Å². The maximum Gasteiger partial charge on any atom is 0.258 e. The molecule has 2 aliphatic heterocycles. The Balaban J connectivity index is 1.40. The van der Waals surface area contributed by atoms with Gasteiger partial charge in [0.15, 0.2) is 18.1 Å². The first-order chi connectivity index (χ1) is 19.9. The summed E-state index contributed by atoms with van der Waals surface area (Å²) in [5.74, 6) is -0.555. The number of pyridine rings is 1. The van der Waals surface area contributed by atoms with Gasteiger partial charge in [0.25, 0.3) is 11.8 Å². The molecule has 1 saturated heterocycles. The van der Waals surface area contributed by atoms with Gasteiger partial charge in [-0.3, -0.25) is 19.4 Å². The normalized spacial score (nSPS) is 19.1. The molecule has 214 valence electrons. The van der Waals surface area contributed by atoms with Crippen molar-refractivity contribution in [3.63, 3.8) is 0 Å². The minimum absolute atomic E-state index is 0.0365. The molecule has 11 heteroatoms. The summed E-state index contributed by atoms with van der Waals surface area (Å²) in [6.45, 7) is 0.383. The molecule has 0 spiro atoms. The second-order valence-corrected chi connectivity index (χ2v) is 9.95. The number of carbonyl (C=O) groups excluding carboxylic acids is 3. The van der Waals surface area contributed by atoms with Gasteiger partial charge in [-0.25, -0.2) is 4.39 Å². The zero-order valence-corrected chi connectivity index (χ0v) is 22.6. The number of likely N-dealkylation sites (tertiary alicyclic amines) is 1. The highest BCUT2D eigenvalue weighted by Gasteiger charge is 2.34. The molecule has 2 atom stereocenters. The predicted octanol–water partition coefficient (Wildman–Crippen LogP) is 2.65. The topological polar surface area (TPSA) is 119 Å². The number of carbonyl (C=O) groups is 3. The first-order valence-corrected chi connectivity index (χ1v) is 13.4. The summed E-state index contributed by atoms with van der Waals surface area (Å²) in [6, 6.07) is 12.1. The summed E-state index contributed by atoms with van der Waals surface area (Å²) in [7, 11) is 1.46. The van der Waals surface area contributed by atoms with E-state index in [1.54, 1.807) is 35.5 Å². The summed E-state index contributed by atoms with van der Waals surface area (Å²) in [4.78, 5) is 44.7. The minimum Gasteiger partial charge on any atom is -0.493 e. The number of fused-ring (bicyclic) bond motifs is 5. The maximum absolute atomic E-state index is 14.5. The average Bonchev–Trinajstić information content (AvgIpc) is 2.98. The van der Waals surface area contributed by atoms with Gasteiger partial charge in [0.05, 0.1) is 13.2 Å². The molecule has 0 unspecified atom stereocenters. The molecule has 10 nitrogen and oxygen atoms in total. The number of piperidine rings is 1. The summed E-state index contributed by atoms with van der Waals surface area (Å²) in [5.41, 5.74) is 1.80. The van der Waals surface area contributed by atoms with Crippen molar-refractivity contribution in [2.45, 2.75) is 38.0 Å². The molecule has 0 aliphatic carbocycles. The number of hydrogen-bond acceptors (Lipinski definition) is 7. The molecule has 0 radical (unpaired) electrons. The Morgan fingerprint density at radius 3 is 2.78 bits per heavy atom. The first-order valence-electron chi connectivity index (χ1n) is 13.4. The monoisotopic (exact) mass is 562 g/mol. The molecule has 3 heterocycles. The molecule has 4 bridgehead atoms. The number of hydrogen-bond donors (Lipinski definition) is 2. The SMILES string of the molecule is COc1ccc2cc1OCC(=O)NCc1cc(F)cc(c1)O[C@@H]1CCN(C(=O)CCc3ccncc3)C[C@@H]1NC2=O. The largest absolute Gasteiger partial charge is 0.493 e. The Bertz CT molecular complexity index is 1420. The van der Waals surface area contributed by atoms with E-state index in [1.165, 1.54) is 25.3 Å². The van der Waals surface area contributed by atoms with E-state index in [1.807, 2.05) is 12.1 Å². The standard InChI is InChI=1S/C30H31FN4O6/c1-39-26-4-3-21-14-27(26)40-18-28(36)33-16-20-12-22(31)15-23(13-20)41-25-8-11-35(17-24(25)34-30(21)38)29(37)5-2-19-6-9-32-10-7-19/h3-4,6-7,9-10,12-15,24-25H,2,5,8,11,16-18H2,1H3,(H,33,36)(H,34,38)/t24-,25+/m0/s1. The van der Waals surface area contributed by atoms with Gasteiger partial charge in [-0.05, 0) is 60.0 Å². The van der Waals surface area contributed by atoms with Crippen molar-refractivity contribution >= 4 is 17.7 Å². The van der Waals surface area contributed by atoms with E-state index < -0.39 is 29.8 Å². The van der Waals surface area contributed by atoms with Gasteiger partial charge in [0.1, 0.15) is 17.7 Å². The molecule has 3 amide bonds. The van der Waals surface area contributed by atoms with Crippen LogP contribution in [-0.2, 0) is 22.6 Å². The van der Waals surface area contributed by atoms with E-state index in [0.717, 1.165) is 5.56 Å². The smallest absolute Gasteiger partial charge is 0.258 e. The number of amides is 3. The van der Waals surface area contributed by atoms with Gasteiger partial charge in [-0.2, -0.15) is 0 Å². The lowest BCUT2D eigenvalue weighted by molar-refractivity contribution is -0.133. The molecule has 2 aromatic carbocycles. The van der Waals surface area contributed by atoms with Gasteiger partial charge >= 0.3 is 0 Å². The van der Waals surface area contributed by atoms with Gasteiger partial charge in [-0.15, -0.1) is 0 Å². The van der Waals surface area contributed by atoms with Crippen molar-refractivity contribution < 1.29 is 33.0 Å². The molecule has 1 fully saturated rings. The van der Waals surface area contributed by atoms with Crippen LogP contribution in [0.1, 0.15) is 34.3 Å². The highest BCUT2D eigenvalue weighted by Crippen LogP contribution is 2.29. The Kier molecular flexibility index (Phi) is 8.61. The van der Waals surface area contributed by atoms with Crippen LogP contribution in [0.3, 0.4) is 0 Å². The number of aryl methyl sites for hydroxylation is 1. The van der Waals surface area contributed by atoms with E-state index >= 15 is 0 Å². The van der Waals surface area contributed by atoms with Crippen LogP contribution >= 0.6 is 0 Å². The van der Waals surface area contributed by atoms with E-state index in [9.17, 15) is 18.8 Å². The quantitative estimate of drug-likeness (QED) is 0.502. The molecule has 2 aliphatic rings. The number of nitrogens with zero attached hydrogens (tertiary/aromatic N) is 2. The van der Waals surface area contributed by atoms with E-state index in [-0.39, 0.29) is 42.7 Å². The van der Waals surface area contributed by atoms with Crippen LogP contribution in [0.5, 0.6) is 17.2 Å². The Hall–Kier alpha value is -4.67. The lowest BCUT2D eigenvalue weighted by Crippen LogP contribution is -2.58. The van der Waals surface area contributed by atoms with Crippen molar-refractivity contribution in [1.82, 2.24) is 20.5 Å². The second-order valence-electron chi connectivity index (χ2n) is 9.95. The number of aromatic nitrogens is 1. The first kappa shape index (κ1) is 27.9. The van der Waals surface area contributed by atoms with E-state index in [2.05, 4.69) is 15.6 Å². The summed E-state index contributed by atoms with van der Waals surface area (Å²) in [5, 5.41) is 5.70. The zero-order chi connectivity index (χ0) is 28.8. The molecule has 41 heavy (non-hydrogen) atoms. The predicted molar refractivity (Wildman–Crippen MR) is 146 cm³/mol. The van der Waals surface area contributed by atoms with Gasteiger partial charge in [-0.1, -0.05) is 0 Å². The van der Waals surface area contributed by atoms with Crippen LogP contribution in [0.25, 0.3) is 0 Å². The third-order valence-electron chi connectivity index (χ3n) is 7.09. The molecule has 5 rings (SSSR count). The second kappa shape index (κ2) is 12.7. The molecule has 3 aromatic rings. The number of benzene rings is 2. The minimum atomic E-state index is -0.577. The molecular weight excluding hydrogens is 531 g/mol. The fraction of sp³-hybridized carbons (Fsp3) is 0.333. The molecule has 1 aromatic heterocycles. The van der Waals surface area contributed by atoms with Gasteiger partial charge < -0.3 is 29.7 Å². The number of rotatable bonds is 4. The lowest BCUT2D eigenvalue weighted by Gasteiger charge is -2.39. The van der Waals surface area contributed by atoms with Crippen molar-refractivity contribution in [2.24, 2.45) is 0 Å². The van der Waals surface area contributed by atoms with Crippen molar-refractivity contribution in [3.8, 4) is 17.2 Å². The molecule has 0 saturated carbocycles. The number of ether oxygens (including phenoxy) is 3. The fourth-order valence-corrected chi connectivity index (χ4v) is 4.94. The molecule has 2 N–H and O–H groups in total. The number of methoxy groups -OCH3 is 1. The van der Waals surface area contributed by atoms with Crippen LogP contribution in [0.15, 0.2) is 60.9 Å². The number of nitrogens with one attached hydrogen (secondary N) is 2. The maximum atomic E-state index is 14.5. The van der Waals surface area contributed by atoms with E-state index in [0.29, 0.717) is 37.1 Å². The van der Waals surface area contributed by atoms with E-state index in [4.69, 9.17) is 14.2 Å². The van der Waals surface area contributed by atoms with Crippen molar-refractivity contribution in [2.75, 3.05) is 26.8 Å². The van der Waals surface area contributed by atoms with Crippen LogP contribution in [0.2, 0.25) is 0 Å². The Morgan fingerprint density at radius 1 is 1.15 bits per heavy atom. The third-order valence-corrected chi connectivity index (χ3v) is 7.09. The zero-order valence-electron chi connectivity index (χ0n) is 22.6. The van der Waals surface area contributed by atoms with Crippen LogP contribution in [0, 0.1) is 5.82 Å². The summed E-state index contributed by atoms with van der Waals surface area (Å²) in [6.07, 6.45) is 4.16. The number of halogens is 1. The fourth-order valence-electron chi connectivity index (χ4n) is 4.94.